The Balaban J connectivity index is 1.22. The minimum Gasteiger partial charge on any atom is -0.361 e. The second kappa shape index (κ2) is 8.95. The van der Waals surface area contributed by atoms with Gasteiger partial charge in [-0.25, -0.2) is 19.3 Å². The molecular formula is C20H21FN6OS. The largest absolute Gasteiger partial charge is 0.361 e. The topological polar surface area (TPSA) is 74.2 Å². The minimum atomic E-state index is -0.266. The van der Waals surface area contributed by atoms with Gasteiger partial charge in [-0.15, -0.1) is 11.3 Å². The molecule has 4 rings (SSSR count). The first-order valence-electron chi connectivity index (χ1n) is 9.44. The first-order valence-corrected chi connectivity index (χ1v) is 10.3. The normalized spacial score (nSPS) is 14.1. The molecular weight excluding hydrogens is 391 g/mol. The van der Waals surface area contributed by atoms with Crippen molar-refractivity contribution in [3.63, 3.8) is 0 Å². The second-order valence-electron chi connectivity index (χ2n) is 6.64. The van der Waals surface area contributed by atoms with Crippen LogP contribution in [0.2, 0.25) is 0 Å². The van der Waals surface area contributed by atoms with Gasteiger partial charge in [0.25, 0.3) is 0 Å². The molecule has 0 spiro atoms. The Hall–Kier alpha value is -3.07. The molecule has 1 N–H and O–H groups in total. The zero-order valence-electron chi connectivity index (χ0n) is 15.8. The van der Waals surface area contributed by atoms with Gasteiger partial charge in [-0.2, -0.15) is 0 Å². The highest BCUT2D eigenvalue weighted by atomic mass is 32.1. The third kappa shape index (κ3) is 4.86. The number of thiazole rings is 1. The quantitative estimate of drug-likeness (QED) is 0.671. The van der Waals surface area contributed by atoms with Gasteiger partial charge in [0.15, 0.2) is 5.13 Å². The molecule has 1 amide bonds. The molecule has 1 aliphatic heterocycles. The van der Waals surface area contributed by atoms with Gasteiger partial charge in [0, 0.05) is 62.5 Å². The monoisotopic (exact) mass is 412 g/mol. The Bertz CT molecular complexity index is 941. The van der Waals surface area contributed by atoms with Crippen molar-refractivity contribution in [2.45, 2.75) is 6.42 Å². The van der Waals surface area contributed by atoms with E-state index >= 15 is 0 Å². The van der Waals surface area contributed by atoms with Crippen LogP contribution in [0.25, 0.3) is 11.3 Å². The molecule has 0 unspecified atom stereocenters. The fraction of sp³-hybridized carbons (Fsp3) is 0.300. The van der Waals surface area contributed by atoms with Crippen molar-refractivity contribution in [3.05, 3.63) is 53.9 Å². The number of aromatic nitrogens is 3. The summed E-state index contributed by atoms with van der Waals surface area (Å²) in [5, 5.41) is 5.88. The van der Waals surface area contributed by atoms with Crippen molar-refractivity contribution in [1.82, 2.24) is 19.9 Å². The number of rotatable bonds is 6. The molecule has 3 aromatic rings. The van der Waals surface area contributed by atoms with Gasteiger partial charge in [0.1, 0.15) is 5.82 Å². The fourth-order valence-electron chi connectivity index (χ4n) is 3.15. The van der Waals surface area contributed by atoms with E-state index in [0.29, 0.717) is 32.0 Å². The second-order valence-corrected chi connectivity index (χ2v) is 7.50. The first kappa shape index (κ1) is 19.3. The SMILES string of the molecule is O=C(CCNc1nc(-c2ccc(F)cc2)cs1)N1CCN(c2ncccn2)CC1. The van der Waals surface area contributed by atoms with Crippen LogP contribution >= 0.6 is 11.3 Å². The molecule has 7 nitrogen and oxygen atoms in total. The van der Waals surface area contributed by atoms with Crippen molar-refractivity contribution in [2.75, 3.05) is 42.9 Å². The molecule has 0 aliphatic carbocycles. The van der Waals surface area contributed by atoms with Crippen molar-refractivity contribution in [3.8, 4) is 11.3 Å². The van der Waals surface area contributed by atoms with Crippen LogP contribution in [-0.4, -0.2) is 58.5 Å². The number of benzene rings is 1. The summed E-state index contributed by atoms with van der Waals surface area (Å²) in [4.78, 5) is 29.5. The van der Waals surface area contributed by atoms with Crippen LogP contribution in [0.5, 0.6) is 0 Å². The maximum Gasteiger partial charge on any atom is 0.225 e. The van der Waals surface area contributed by atoms with Crippen LogP contribution in [-0.2, 0) is 4.79 Å². The lowest BCUT2D eigenvalue weighted by Gasteiger charge is -2.34. The van der Waals surface area contributed by atoms with Crippen LogP contribution in [0.3, 0.4) is 0 Å². The van der Waals surface area contributed by atoms with E-state index in [1.54, 1.807) is 30.6 Å². The number of amides is 1. The molecule has 1 aliphatic rings. The molecule has 1 fully saturated rings. The van der Waals surface area contributed by atoms with Gasteiger partial charge in [-0.1, -0.05) is 0 Å². The Kier molecular flexibility index (Phi) is 5.95. The van der Waals surface area contributed by atoms with Crippen LogP contribution in [0, 0.1) is 5.82 Å². The van der Waals surface area contributed by atoms with Crippen LogP contribution in [0.4, 0.5) is 15.5 Å². The van der Waals surface area contributed by atoms with Gasteiger partial charge >= 0.3 is 0 Å². The van der Waals surface area contributed by atoms with Gasteiger partial charge < -0.3 is 15.1 Å². The lowest BCUT2D eigenvalue weighted by molar-refractivity contribution is -0.131. The predicted octanol–water partition coefficient (Wildman–Crippen LogP) is 2.89. The summed E-state index contributed by atoms with van der Waals surface area (Å²) < 4.78 is 13.0. The van der Waals surface area contributed by atoms with E-state index in [-0.39, 0.29) is 11.7 Å². The van der Waals surface area contributed by atoms with E-state index in [1.807, 2.05) is 10.3 Å². The molecule has 9 heteroatoms. The van der Waals surface area contributed by atoms with Crippen molar-refractivity contribution < 1.29 is 9.18 Å². The molecule has 1 saturated heterocycles. The fourth-order valence-corrected chi connectivity index (χ4v) is 3.90. The number of nitrogens with zero attached hydrogens (tertiary/aromatic N) is 5. The highest BCUT2D eigenvalue weighted by Crippen LogP contribution is 2.25. The lowest BCUT2D eigenvalue weighted by Crippen LogP contribution is -2.49. The summed E-state index contributed by atoms with van der Waals surface area (Å²) in [6.07, 6.45) is 3.87. The average Bonchev–Trinajstić information content (AvgIpc) is 3.24. The summed E-state index contributed by atoms with van der Waals surface area (Å²) >= 11 is 1.47. The summed E-state index contributed by atoms with van der Waals surface area (Å²) in [6, 6.07) is 8.05. The van der Waals surface area contributed by atoms with Gasteiger partial charge in [0.05, 0.1) is 5.69 Å². The van der Waals surface area contributed by atoms with Crippen molar-refractivity contribution in [2.24, 2.45) is 0 Å². The molecule has 3 heterocycles. The van der Waals surface area contributed by atoms with E-state index in [2.05, 4.69) is 25.2 Å². The molecule has 29 heavy (non-hydrogen) atoms. The van der Waals surface area contributed by atoms with E-state index in [0.717, 1.165) is 29.5 Å². The summed E-state index contributed by atoms with van der Waals surface area (Å²) in [5.41, 5.74) is 1.66. The van der Waals surface area contributed by atoms with E-state index in [4.69, 9.17) is 0 Å². The van der Waals surface area contributed by atoms with Gasteiger partial charge in [-0.05, 0) is 30.3 Å². The maximum absolute atomic E-state index is 13.0. The van der Waals surface area contributed by atoms with Gasteiger partial charge in [-0.3, -0.25) is 4.79 Å². The van der Waals surface area contributed by atoms with E-state index < -0.39 is 0 Å². The zero-order valence-corrected chi connectivity index (χ0v) is 16.6. The number of hydrogen-bond donors (Lipinski definition) is 1. The Morgan fingerprint density at radius 3 is 2.55 bits per heavy atom. The summed E-state index contributed by atoms with van der Waals surface area (Å²) in [6.45, 7) is 3.33. The summed E-state index contributed by atoms with van der Waals surface area (Å²) in [5.74, 6) is 0.571. The first-order chi connectivity index (χ1) is 14.2. The third-order valence-electron chi connectivity index (χ3n) is 4.73. The Morgan fingerprint density at radius 1 is 1.10 bits per heavy atom. The highest BCUT2D eigenvalue weighted by Gasteiger charge is 2.22. The van der Waals surface area contributed by atoms with Crippen LogP contribution in [0.1, 0.15) is 6.42 Å². The summed E-state index contributed by atoms with van der Waals surface area (Å²) in [7, 11) is 0. The Labute approximate surface area is 172 Å². The number of halogens is 1. The standard InChI is InChI=1S/C20H21FN6OS/c21-16-4-2-15(3-5-16)17-14-29-20(25-17)24-9-6-18(28)26-10-12-27(13-11-26)19-22-7-1-8-23-19/h1-5,7-8,14H,6,9-13H2,(H,24,25). The molecule has 0 atom stereocenters. The van der Waals surface area contributed by atoms with Crippen molar-refractivity contribution >= 4 is 28.3 Å². The molecule has 2 aromatic heterocycles. The van der Waals surface area contributed by atoms with E-state index in [9.17, 15) is 9.18 Å². The predicted molar refractivity (Wildman–Crippen MR) is 111 cm³/mol. The Morgan fingerprint density at radius 2 is 1.83 bits per heavy atom. The van der Waals surface area contributed by atoms with E-state index in [1.165, 1.54) is 23.5 Å². The third-order valence-corrected chi connectivity index (χ3v) is 5.53. The molecule has 150 valence electrons. The number of nitrogens with one attached hydrogen (secondary N) is 1. The van der Waals surface area contributed by atoms with Gasteiger partial charge in [0.2, 0.25) is 11.9 Å². The minimum absolute atomic E-state index is 0.126. The molecule has 0 radical (unpaired) electrons. The number of piperazine rings is 1. The lowest BCUT2D eigenvalue weighted by atomic mass is 10.2. The van der Waals surface area contributed by atoms with Crippen LogP contribution < -0.4 is 10.2 Å². The number of anilines is 2. The van der Waals surface area contributed by atoms with Crippen LogP contribution in [0.15, 0.2) is 48.1 Å². The molecule has 1 aromatic carbocycles. The highest BCUT2D eigenvalue weighted by molar-refractivity contribution is 7.14. The number of hydrogen-bond acceptors (Lipinski definition) is 7. The number of carbonyl (C=O) groups is 1. The average molecular weight is 412 g/mol. The number of carbonyl (C=O) groups excluding carboxylic acids is 1. The zero-order chi connectivity index (χ0) is 20.1. The van der Waals surface area contributed by atoms with Crippen molar-refractivity contribution in [1.29, 1.82) is 0 Å². The maximum atomic E-state index is 13.0. The molecule has 0 saturated carbocycles. The molecule has 0 bridgehead atoms. The smallest absolute Gasteiger partial charge is 0.225 e.